The summed E-state index contributed by atoms with van der Waals surface area (Å²) in [5.74, 6) is -0.369. The van der Waals surface area contributed by atoms with Gasteiger partial charge in [-0.05, 0) is 30.5 Å². The maximum absolute atomic E-state index is 13.1. The van der Waals surface area contributed by atoms with Crippen LogP contribution in [0.1, 0.15) is 29.9 Å². The monoisotopic (exact) mass is 416 g/mol. The Labute approximate surface area is 172 Å². The number of aryl methyl sites for hydroxylation is 2. The van der Waals surface area contributed by atoms with Gasteiger partial charge in [-0.3, -0.25) is 4.79 Å². The Morgan fingerprint density at radius 3 is 2.34 bits per heavy atom. The number of aromatic amines is 1. The van der Waals surface area contributed by atoms with Crippen molar-refractivity contribution in [3.63, 3.8) is 0 Å². The first kappa shape index (κ1) is 20.8. The second-order valence-electron chi connectivity index (χ2n) is 7.43. The van der Waals surface area contributed by atoms with E-state index in [1.165, 1.54) is 11.6 Å². The number of nitrogens with one attached hydrogen (secondary N) is 1. The van der Waals surface area contributed by atoms with Crippen molar-refractivity contribution in [3.05, 3.63) is 61.4 Å². The SMILES string of the molecule is Cc1[nH+]c2c(c(-c3ccc(Cl)cc3)c1C(=O)OCC(C)C)c(=O)n(C)c(=O)n2C. The minimum Gasteiger partial charge on any atom is -0.462 e. The number of esters is 1. The van der Waals surface area contributed by atoms with Crippen LogP contribution in [0, 0.1) is 12.8 Å². The summed E-state index contributed by atoms with van der Waals surface area (Å²) in [6, 6.07) is 6.84. The maximum atomic E-state index is 13.1. The van der Waals surface area contributed by atoms with Crippen molar-refractivity contribution in [2.75, 3.05) is 6.61 Å². The summed E-state index contributed by atoms with van der Waals surface area (Å²) in [7, 11) is 2.98. The third-order valence-electron chi connectivity index (χ3n) is 4.73. The summed E-state index contributed by atoms with van der Waals surface area (Å²) in [6.45, 7) is 5.85. The molecule has 7 nitrogen and oxygen atoms in total. The lowest BCUT2D eigenvalue weighted by atomic mass is 9.96. The molecule has 0 unspecified atom stereocenters. The van der Waals surface area contributed by atoms with Crippen molar-refractivity contribution in [1.29, 1.82) is 0 Å². The van der Waals surface area contributed by atoms with Crippen molar-refractivity contribution in [2.45, 2.75) is 20.8 Å². The molecule has 3 rings (SSSR count). The molecule has 0 spiro atoms. The first-order valence-electron chi connectivity index (χ1n) is 9.22. The van der Waals surface area contributed by atoms with Gasteiger partial charge in [-0.15, -0.1) is 0 Å². The zero-order valence-corrected chi connectivity index (χ0v) is 17.8. The van der Waals surface area contributed by atoms with E-state index < -0.39 is 17.2 Å². The van der Waals surface area contributed by atoms with Gasteiger partial charge in [-0.2, -0.15) is 4.57 Å². The normalized spacial score (nSPS) is 11.3. The van der Waals surface area contributed by atoms with Gasteiger partial charge in [0, 0.05) is 17.6 Å². The number of carbonyl (C=O) groups is 1. The fraction of sp³-hybridized carbons (Fsp3) is 0.333. The molecule has 0 radical (unpaired) electrons. The number of rotatable bonds is 4. The fourth-order valence-electron chi connectivity index (χ4n) is 3.24. The summed E-state index contributed by atoms with van der Waals surface area (Å²) in [4.78, 5) is 41.5. The zero-order chi connectivity index (χ0) is 21.5. The molecule has 0 fully saturated rings. The minimum atomic E-state index is -0.532. The molecule has 3 aromatic rings. The van der Waals surface area contributed by atoms with Crippen molar-refractivity contribution >= 4 is 28.6 Å². The smallest absolute Gasteiger partial charge is 0.417 e. The Hall–Kier alpha value is -2.93. The molecule has 0 bridgehead atoms. The molecular weight excluding hydrogens is 394 g/mol. The molecular formula is C21H23ClN3O4+. The number of fused-ring (bicyclic) bond motifs is 1. The van der Waals surface area contributed by atoms with Crippen LogP contribution in [0.25, 0.3) is 22.2 Å². The molecule has 2 heterocycles. The van der Waals surface area contributed by atoms with Gasteiger partial charge < -0.3 is 4.74 Å². The van der Waals surface area contributed by atoms with Crippen molar-refractivity contribution in [3.8, 4) is 11.1 Å². The van der Waals surface area contributed by atoms with Crippen LogP contribution in [0.4, 0.5) is 0 Å². The Morgan fingerprint density at radius 2 is 1.76 bits per heavy atom. The highest BCUT2D eigenvalue weighted by Crippen LogP contribution is 2.31. The van der Waals surface area contributed by atoms with E-state index in [9.17, 15) is 14.4 Å². The number of pyridine rings is 1. The van der Waals surface area contributed by atoms with E-state index in [2.05, 4.69) is 4.98 Å². The highest BCUT2D eigenvalue weighted by atomic mass is 35.5. The van der Waals surface area contributed by atoms with E-state index in [-0.39, 0.29) is 23.5 Å². The van der Waals surface area contributed by atoms with Crippen molar-refractivity contribution in [1.82, 2.24) is 9.13 Å². The lowest BCUT2D eigenvalue weighted by Gasteiger charge is -2.15. The largest absolute Gasteiger partial charge is 0.462 e. The summed E-state index contributed by atoms with van der Waals surface area (Å²) in [6.07, 6.45) is 0. The predicted octanol–water partition coefficient (Wildman–Crippen LogP) is 2.49. The number of benzene rings is 1. The summed E-state index contributed by atoms with van der Waals surface area (Å²) in [5, 5.41) is 0.764. The van der Waals surface area contributed by atoms with Crippen molar-refractivity contribution < 1.29 is 14.5 Å². The third-order valence-corrected chi connectivity index (χ3v) is 4.98. The highest BCUT2D eigenvalue weighted by Gasteiger charge is 2.29. The van der Waals surface area contributed by atoms with Crippen LogP contribution in [0.5, 0.6) is 0 Å². The van der Waals surface area contributed by atoms with Crippen LogP contribution < -0.4 is 16.2 Å². The lowest BCUT2D eigenvalue weighted by Crippen LogP contribution is -2.40. The zero-order valence-electron chi connectivity index (χ0n) is 17.0. The van der Waals surface area contributed by atoms with Gasteiger partial charge >= 0.3 is 11.7 Å². The molecule has 0 atom stereocenters. The van der Waals surface area contributed by atoms with Gasteiger partial charge in [0.2, 0.25) is 0 Å². The van der Waals surface area contributed by atoms with Gasteiger partial charge in [0.25, 0.3) is 11.2 Å². The number of ether oxygens (including phenoxy) is 1. The molecule has 1 N–H and O–H groups in total. The first-order valence-corrected chi connectivity index (χ1v) is 9.60. The van der Waals surface area contributed by atoms with Crippen LogP contribution in [0.3, 0.4) is 0 Å². The van der Waals surface area contributed by atoms with Crippen molar-refractivity contribution in [2.24, 2.45) is 20.0 Å². The molecule has 1 aromatic carbocycles. The number of carbonyl (C=O) groups excluding carboxylic acids is 1. The molecule has 0 aliphatic heterocycles. The van der Waals surface area contributed by atoms with E-state index in [1.54, 1.807) is 38.2 Å². The average molecular weight is 417 g/mol. The van der Waals surface area contributed by atoms with Gasteiger partial charge in [-0.1, -0.05) is 37.6 Å². The Bertz CT molecular complexity index is 1220. The van der Waals surface area contributed by atoms with Gasteiger partial charge in [0.1, 0.15) is 16.6 Å². The quantitative estimate of drug-likeness (QED) is 0.611. The van der Waals surface area contributed by atoms with Crippen LogP contribution >= 0.6 is 11.6 Å². The Kier molecular flexibility index (Phi) is 5.61. The minimum absolute atomic E-state index is 0.163. The molecule has 0 aliphatic carbocycles. The van der Waals surface area contributed by atoms with E-state index in [0.717, 1.165) is 4.57 Å². The molecule has 29 heavy (non-hydrogen) atoms. The number of H-pyrrole nitrogens is 1. The van der Waals surface area contributed by atoms with Crippen LogP contribution in [-0.4, -0.2) is 21.7 Å². The summed E-state index contributed by atoms with van der Waals surface area (Å²) in [5.41, 5.74) is 1.18. The van der Waals surface area contributed by atoms with Gasteiger partial charge in [0.15, 0.2) is 0 Å². The van der Waals surface area contributed by atoms with E-state index in [0.29, 0.717) is 27.5 Å². The lowest BCUT2D eigenvalue weighted by molar-refractivity contribution is -0.359. The number of nitrogens with zero attached hydrogens (tertiary/aromatic N) is 2. The topological polar surface area (TPSA) is 84.4 Å². The van der Waals surface area contributed by atoms with E-state index in [4.69, 9.17) is 16.3 Å². The van der Waals surface area contributed by atoms with Crippen LogP contribution in [0.15, 0.2) is 33.9 Å². The predicted molar refractivity (Wildman–Crippen MR) is 111 cm³/mol. The van der Waals surface area contributed by atoms with Gasteiger partial charge in [0.05, 0.1) is 13.7 Å². The molecule has 0 aliphatic rings. The number of hydrogen-bond acceptors (Lipinski definition) is 4. The first-order chi connectivity index (χ1) is 13.6. The molecule has 8 heteroatoms. The average Bonchev–Trinajstić information content (AvgIpc) is 2.68. The van der Waals surface area contributed by atoms with Gasteiger partial charge in [-0.25, -0.2) is 19.1 Å². The van der Waals surface area contributed by atoms with Crippen LogP contribution in [-0.2, 0) is 18.8 Å². The standard InChI is InChI=1S/C21H22ClN3O4/c1-11(2)10-29-20(27)15-12(3)23-18-17(19(26)25(5)21(28)24(18)4)16(15)13-6-8-14(22)9-7-13/h6-9,11H,10H2,1-5H3/p+1. The second kappa shape index (κ2) is 7.83. The molecule has 0 amide bonds. The summed E-state index contributed by atoms with van der Waals surface area (Å²) < 4.78 is 7.84. The number of hydrogen-bond donors (Lipinski definition) is 0. The molecule has 0 saturated carbocycles. The number of aromatic nitrogens is 3. The number of halogens is 1. The van der Waals surface area contributed by atoms with E-state index >= 15 is 0 Å². The van der Waals surface area contributed by atoms with E-state index in [1.807, 2.05) is 13.8 Å². The van der Waals surface area contributed by atoms with Crippen LogP contribution in [0.2, 0.25) is 5.02 Å². The highest BCUT2D eigenvalue weighted by molar-refractivity contribution is 6.30. The summed E-state index contributed by atoms with van der Waals surface area (Å²) >= 11 is 6.03. The Morgan fingerprint density at radius 1 is 1.14 bits per heavy atom. The molecule has 0 saturated heterocycles. The second-order valence-corrected chi connectivity index (χ2v) is 7.87. The maximum Gasteiger partial charge on any atom is 0.417 e. The fourth-order valence-corrected chi connectivity index (χ4v) is 3.37. The molecule has 2 aromatic heterocycles. The Balaban J connectivity index is 2.47. The third kappa shape index (κ3) is 3.70. The molecule has 152 valence electrons.